The molecule has 0 saturated heterocycles. The summed E-state index contributed by atoms with van der Waals surface area (Å²) in [5.74, 6) is -2.13. The van der Waals surface area contributed by atoms with Crippen LogP contribution in [0.3, 0.4) is 0 Å². The van der Waals surface area contributed by atoms with Crippen molar-refractivity contribution in [3.8, 4) is 0 Å². The highest BCUT2D eigenvalue weighted by atomic mass is 19.1. The van der Waals surface area contributed by atoms with Gasteiger partial charge in [-0.25, -0.2) is 13.8 Å². The molecule has 0 aliphatic carbocycles. The summed E-state index contributed by atoms with van der Waals surface area (Å²) < 4.78 is 27.9. The van der Waals surface area contributed by atoms with E-state index in [2.05, 4.69) is 10.3 Å². The summed E-state index contributed by atoms with van der Waals surface area (Å²) in [6, 6.07) is 3.39. The fourth-order valence-corrected chi connectivity index (χ4v) is 1.34. The Bertz CT molecular complexity index is 505. The van der Waals surface area contributed by atoms with Crippen molar-refractivity contribution in [2.75, 3.05) is 5.32 Å². The van der Waals surface area contributed by atoms with E-state index in [4.69, 9.17) is 0 Å². The van der Waals surface area contributed by atoms with Gasteiger partial charge in [0, 0.05) is 12.4 Å². The second-order valence-corrected chi connectivity index (χ2v) is 3.38. The Morgan fingerprint density at radius 3 is 2.65 bits per heavy atom. The number of nitrogens with zero attached hydrogens (tertiary/aromatic N) is 2. The molecule has 0 bridgehead atoms. The van der Waals surface area contributed by atoms with Crippen LogP contribution < -0.4 is 5.32 Å². The van der Waals surface area contributed by atoms with Crippen molar-refractivity contribution in [1.82, 2.24) is 9.55 Å². The van der Waals surface area contributed by atoms with Gasteiger partial charge >= 0.3 is 0 Å². The molecule has 2 rings (SSSR count). The van der Waals surface area contributed by atoms with E-state index < -0.39 is 23.2 Å². The van der Waals surface area contributed by atoms with E-state index in [0.29, 0.717) is 0 Å². The smallest absolute Gasteiger partial charge is 0.244 e. The van der Waals surface area contributed by atoms with Gasteiger partial charge in [0.25, 0.3) is 0 Å². The Kier molecular flexibility index (Phi) is 3.13. The molecule has 1 heterocycles. The number of carbonyl (C=O) groups excluding carboxylic acids is 1. The Labute approximate surface area is 95.9 Å². The van der Waals surface area contributed by atoms with Crippen molar-refractivity contribution < 1.29 is 13.6 Å². The van der Waals surface area contributed by atoms with Crippen LogP contribution in [-0.2, 0) is 11.3 Å². The minimum atomic E-state index is -0.802. The molecule has 0 unspecified atom stereocenters. The molecular formula is C11H9F2N3O. The maximum Gasteiger partial charge on any atom is 0.244 e. The first kappa shape index (κ1) is 11.3. The largest absolute Gasteiger partial charge is 0.328 e. The van der Waals surface area contributed by atoms with Gasteiger partial charge < -0.3 is 9.88 Å². The normalized spacial score (nSPS) is 10.2. The molecule has 0 radical (unpaired) electrons. The molecule has 1 N–H and O–H groups in total. The minimum Gasteiger partial charge on any atom is -0.328 e. The van der Waals surface area contributed by atoms with Gasteiger partial charge in [0.15, 0.2) is 0 Å². The zero-order valence-electron chi connectivity index (χ0n) is 8.73. The molecule has 0 atom stereocenters. The molecular weight excluding hydrogens is 228 g/mol. The highest BCUT2D eigenvalue weighted by molar-refractivity contribution is 5.90. The van der Waals surface area contributed by atoms with Crippen LogP contribution in [0.25, 0.3) is 0 Å². The Balaban J connectivity index is 2.08. The Morgan fingerprint density at radius 2 is 2.06 bits per heavy atom. The number of nitrogens with one attached hydrogen (secondary N) is 1. The number of imidazole rings is 1. The van der Waals surface area contributed by atoms with Gasteiger partial charge in [0.2, 0.25) is 5.91 Å². The fourth-order valence-electron chi connectivity index (χ4n) is 1.34. The van der Waals surface area contributed by atoms with Crippen molar-refractivity contribution >= 4 is 11.6 Å². The lowest BCUT2D eigenvalue weighted by atomic mass is 10.3. The summed E-state index contributed by atoms with van der Waals surface area (Å²) in [5, 5.41) is 2.18. The quantitative estimate of drug-likeness (QED) is 0.884. The van der Waals surface area contributed by atoms with Gasteiger partial charge in [0.1, 0.15) is 23.9 Å². The number of amides is 1. The molecule has 17 heavy (non-hydrogen) atoms. The molecule has 2 aromatic rings. The van der Waals surface area contributed by atoms with Crippen molar-refractivity contribution in [2.45, 2.75) is 6.54 Å². The van der Waals surface area contributed by atoms with Crippen molar-refractivity contribution in [3.63, 3.8) is 0 Å². The molecule has 4 nitrogen and oxygen atoms in total. The van der Waals surface area contributed by atoms with Crippen LogP contribution in [0.1, 0.15) is 0 Å². The zero-order chi connectivity index (χ0) is 12.3. The van der Waals surface area contributed by atoms with Crippen LogP contribution in [0.5, 0.6) is 0 Å². The number of halogens is 2. The molecule has 0 saturated carbocycles. The lowest BCUT2D eigenvalue weighted by molar-refractivity contribution is -0.116. The second-order valence-electron chi connectivity index (χ2n) is 3.38. The van der Waals surface area contributed by atoms with Crippen LogP contribution in [0, 0.1) is 11.6 Å². The average molecular weight is 237 g/mol. The second kappa shape index (κ2) is 4.73. The molecule has 0 aliphatic heterocycles. The van der Waals surface area contributed by atoms with E-state index >= 15 is 0 Å². The molecule has 0 aliphatic rings. The summed E-state index contributed by atoms with van der Waals surface area (Å²) in [6.07, 6.45) is 4.53. The molecule has 1 aromatic carbocycles. The molecule has 1 aromatic heterocycles. The number of hydrogen-bond donors (Lipinski definition) is 1. The average Bonchev–Trinajstić information content (AvgIpc) is 2.76. The zero-order valence-corrected chi connectivity index (χ0v) is 8.73. The van der Waals surface area contributed by atoms with Crippen LogP contribution in [0.15, 0.2) is 36.9 Å². The van der Waals surface area contributed by atoms with E-state index in [9.17, 15) is 13.6 Å². The number of carbonyl (C=O) groups is 1. The standard InChI is InChI=1S/C11H9F2N3O/c12-8-2-1-3-9(13)11(8)15-10(17)6-16-5-4-14-7-16/h1-5,7H,6H2,(H,15,17). The summed E-state index contributed by atoms with van der Waals surface area (Å²) in [6.45, 7) is -0.0478. The number of rotatable bonds is 3. The summed E-state index contributed by atoms with van der Waals surface area (Å²) in [5.41, 5.74) is -0.433. The van der Waals surface area contributed by atoms with Crippen LogP contribution in [0.4, 0.5) is 14.5 Å². The third-order valence-corrected chi connectivity index (χ3v) is 2.11. The first-order valence-electron chi connectivity index (χ1n) is 4.86. The SMILES string of the molecule is O=C(Cn1ccnc1)Nc1c(F)cccc1F. The van der Waals surface area contributed by atoms with Crippen molar-refractivity contribution in [3.05, 3.63) is 48.6 Å². The number of aromatic nitrogens is 2. The van der Waals surface area contributed by atoms with E-state index in [1.54, 1.807) is 6.20 Å². The van der Waals surface area contributed by atoms with E-state index in [0.717, 1.165) is 12.1 Å². The predicted octanol–water partition coefficient (Wildman–Crippen LogP) is 1.80. The Hall–Kier alpha value is -2.24. The van der Waals surface area contributed by atoms with Crippen LogP contribution >= 0.6 is 0 Å². The van der Waals surface area contributed by atoms with E-state index in [1.807, 2.05) is 0 Å². The number of benzene rings is 1. The van der Waals surface area contributed by atoms with Gasteiger partial charge in [-0.2, -0.15) is 0 Å². The van der Waals surface area contributed by atoms with Crippen molar-refractivity contribution in [2.24, 2.45) is 0 Å². The van der Waals surface area contributed by atoms with Crippen LogP contribution in [-0.4, -0.2) is 15.5 Å². The third kappa shape index (κ3) is 2.66. The molecule has 6 heteroatoms. The summed E-state index contributed by atoms with van der Waals surface area (Å²) in [4.78, 5) is 15.2. The topological polar surface area (TPSA) is 46.9 Å². The lowest BCUT2D eigenvalue weighted by Gasteiger charge is -2.07. The van der Waals surface area contributed by atoms with E-state index in [1.165, 1.54) is 23.2 Å². The molecule has 0 spiro atoms. The first-order valence-corrected chi connectivity index (χ1v) is 4.86. The summed E-state index contributed by atoms with van der Waals surface area (Å²) >= 11 is 0. The van der Waals surface area contributed by atoms with Crippen molar-refractivity contribution in [1.29, 1.82) is 0 Å². The maximum atomic E-state index is 13.2. The molecule has 1 amide bonds. The summed E-state index contributed by atoms with van der Waals surface area (Å²) in [7, 11) is 0. The maximum absolute atomic E-state index is 13.2. The first-order chi connectivity index (χ1) is 8.16. The highest BCUT2D eigenvalue weighted by Gasteiger charge is 2.11. The minimum absolute atomic E-state index is 0.0478. The molecule has 0 fully saturated rings. The Morgan fingerprint density at radius 1 is 1.35 bits per heavy atom. The number of anilines is 1. The van der Waals surface area contributed by atoms with Gasteiger partial charge in [-0.3, -0.25) is 4.79 Å². The van der Waals surface area contributed by atoms with Crippen LogP contribution in [0.2, 0.25) is 0 Å². The fraction of sp³-hybridized carbons (Fsp3) is 0.0909. The lowest BCUT2D eigenvalue weighted by Crippen LogP contribution is -2.19. The van der Waals surface area contributed by atoms with Gasteiger partial charge in [0.05, 0.1) is 6.33 Å². The highest BCUT2D eigenvalue weighted by Crippen LogP contribution is 2.17. The molecule has 88 valence electrons. The monoisotopic (exact) mass is 237 g/mol. The number of hydrogen-bond acceptors (Lipinski definition) is 2. The number of para-hydroxylation sites is 1. The predicted molar refractivity (Wildman–Crippen MR) is 57.2 cm³/mol. The van der Waals surface area contributed by atoms with Gasteiger partial charge in [-0.1, -0.05) is 6.07 Å². The van der Waals surface area contributed by atoms with E-state index in [-0.39, 0.29) is 6.54 Å². The van der Waals surface area contributed by atoms with Gasteiger partial charge in [-0.15, -0.1) is 0 Å². The van der Waals surface area contributed by atoms with Gasteiger partial charge in [-0.05, 0) is 12.1 Å². The third-order valence-electron chi connectivity index (χ3n) is 2.11.